The van der Waals surface area contributed by atoms with Crippen LogP contribution >= 0.6 is 0 Å². The minimum Gasteiger partial charge on any atom is -0.370 e. The molecule has 0 radical (unpaired) electrons. The van der Waals surface area contributed by atoms with Gasteiger partial charge in [-0.1, -0.05) is 85.8 Å². The third kappa shape index (κ3) is 3.58. The molecule has 2 aliphatic rings. The van der Waals surface area contributed by atoms with E-state index in [1.165, 1.54) is 16.7 Å². The Morgan fingerprint density at radius 1 is 0.920 bits per heavy atom. The molecule has 1 unspecified atom stereocenters. The smallest absolute Gasteiger partial charge is 0.102 e. The second kappa shape index (κ2) is 6.58. The first-order chi connectivity index (χ1) is 11.4. The van der Waals surface area contributed by atoms with E-state index in [0.29, 0.717) is 0 Å². The SMILES string of the molecule is CCOC1(C(C)(C)C2=CCC=C2)CC=C(C(C)(C)C)C=C1C(C)(C)C. The Bertz CT molecular complexity index is 626. The van der Waals surface area contributed by atoms with Gasteiger partial charge in [-0.3, -0.25) is 0 Å². The van der Waals surface area contributed by atoms with Crippen molar-refractivity contribution in [2.75, 3.05) is 6.61 Å². The van der Waals surface area contributed by atoms with E-state index in [4.69, 9.17) is 4.74 Å². The fourth-order valence-electron chi connectivity index (χ4n) is 4.35. The van der Waals surface area contributed by atoms with Gasteiger partial charge in [0.25, 0.3) is 0 Å². The zero-order valence-corrected chi connectivity index (χ0v) is 17.9. The lowest BCUT2D eigenvalue weighted by atomic mass is 9.57. The van der Waals surface area contributed by atoms with Crippen molar-refractivity contribution in [3.63, 3.8) is 0 Å². The largest absolute Gasteiger partial charge is 0.370 e. The Morgan fingerprint density at radius 2 is 1.56 bits per heavy atom. The Balaban J connectivity index is 2.66. The zero-order chi connectivity index (χ0) is 19.1. The van der Waals surface area contributed by atoms with Crippen molar-refractivity contribution in [1.82, 2.24) is 0 Å². The summed E-state index contributed by atoms with van der Waals surface area (Å²) in [5.74, 6) is 0. The van der Waals surface area contributed by atoms with Gasteiger partial charge in [0.1, 0.15) is 5.60 Å². The summed E-state index contributed by atoms with van der Waals surface area (Å²) < 4.78 is 6.66. The van der Waals surface area contributed by atoms with Crippen molar-refractivity contribution in [1.29, 1.82) is 0 Å². The lowest BCUT2D eigenvalue weighted by molar-refractivity contribution is -0.0853. The molecule has 0 saturated heterocycles. The van der Waals surface area contributed by atoms with Crippen LogP contribution in [0.25, 0.3) is 0 Å². The number of rotatable bonds is 4. The molecule has 0 fully saturated rings. The van der Waals surface area contributed by atoms with Crippen molar-refractivity contribution >= 4 is 0 Å². The average Bonchev–Trinajstić information content (AvgIpc) is 3.00. The molecule has 0 saturated carbocycles. The predicted molar refractivity (Wildman–Crippen MR) is 110 cm³/mol. The summed E-state index contributed by atoms with van der Waals surface area (Å²) in [5.41, 5.74) is 4.11. The molecule has 0 amide bonds. The van der Waals surface area contributed by atoms with Crippen molar-refractivity contribution in [3.8, 4) is 0 Å². The summed E-state index contributed by atoms with van der Waals surface area (Å²) in [6.45, 7) is 21.5. The van der Waals surface area contributed by atoms with Gasteiger partial charge in [-0.15, -0.1) is 0 Å². The second-order valence-electron chi connectivity index (χ2n) is 10.1. The molecular formula is C24H38O. The molecule has 140 valence electrons. The van der Waals surface area contributed by atoms with Crippen molar-refractivity contribution < 1.29 is 4.74 Å². The van der Waals surface area contributed by atoms with Crippen LogP contribution in [-0.4, -0.2) is 12.2 Å². The highest BCUT2D eigenvalue weighted by Gasteiger charge is 2.53. The number of allylic oxidation sites excluding steroid dienone is 5. The van der Waals surface area contributed by atoms with E-state index in [9.17, 15) is 0 Å². The molecule has 1 heteroatoms. The summed E-state index contributed by atoms with van der Waals surface area (Å²) in [5, 5.41) is 0. The Morgan fingerprint density at radius 3 is 2.00 bits per heavy atom. The topological polar surface area (TPSA) is 9.23 Å². The van der Waals surface area contributed by atoms with E-state index in [1.807, 2.05) is 0 Å². The van der Waals surface area contributed by atoms with Crippen molar-refractivity contribution in [2.45, 2.75) is 80.8 Å². The lowest BCUT2D eigenvalue weighted by Crippen LogP contribution is -2.53. The van der Waals surface area contributed by atoms with Gasteiger partial charge in [0.05, 0.1) is 0 Å². The van der Waals surface area contributed by atoms with Crippen molar-refractivity contribution in [3.05, 3.63) is 47.1 Å². The van der Waals surface area contributed by atoms with Gasteiger partial charge in [0, 0.05) is 12.0 Å². The summed E-state index contributed by atoms with van der Waals surface area (Å²) in [4.78, 5) is 0. The molecule has 0 N–H and O–H groups in total. The molecule has 0 aromatic rings. The second-order valence-corrected chi connectivity index (χ2v) is 10.1. The van der Waals surface area contributed by atoms with Crippen LogP contribution in [0.15, 0.2) is 47.1 Å². The molecule has 25 heavy (non-hydrogen) atoms. The Hall–Kier alpha value is -1.08. The number of hydrogen-bond donors (Lipinski definition) is 0. The third-order valence-corrected chi connectivity index (χ3v) is 5.91. The molecular weight excluding hydrogens is 304 g/mol. The standard InChI is InChI=1S/C24H38O/c1-10-25-24(23(8,9)18-13-11-12-14-18)16-15-19(21(2,3)4)17-20(24)22(5,6)7/h11,13-15,17H,10,12,16H2,1-9H3. The van der Waals surface area contributed by atoms with E-state index < -0.39 is 0 Å². The maximum absolute atomic E-state index is 6.66. The quantitative estimate of drug-likeness (QED) is 0.533. The van der Waals surface area contributed by atoms with Crippen LogP contribution in [0, 0.1) is 16.2 Å². The normalized spacial score (nSPS) is 24.9. The summed E-state index contributed by atoms with van der Waals surface area (Å²) >= 11 is 0. The van der Waals surface area contributed by atoms with E-state index >= 15 is 0 Å². The van der Waals surface area contributed by atoms with E-state index in [0.717, 1.165) is 19.4 Å². The van der Waals surface area contributed by atoms with Crippen molar-refractivity contribution in [2.24, 2.45) is 16.2 Å². The third-order valence-electron chi connectivity index (χ3n) is 5.91. The fraction of sp³-hybridized carbons (Fsp3) is 0.667. The minimum absolute atomic E-state index is 0.0556. The van der Waals surface area contributed by atoms with Crippen LogP contribution in [-0.2, 0) is 4.74 Å². The summed E-state index contributed by atoms with van der Waals surface area (Å²) in [7, 11) is 0. The van der Waals surface area contributed by atoms with Crippen LogP contribution in [0.1, 0.15) is 75.2 Å². The summed E-state index contributed by atoms with van der Waals surface area (Å²) in [6, 6.07) is 0. The summed E-state index contributed by atoms with van der Waals surface area (Å²) in [6.07, 6.45) is 13.8. The van der Waals surface area contributed by atoms with Gasteiger partial charge in [0.2, 0.25) is 0 Å². The van der Waals surface area contributed by atoms with Crippen LogP contribution in [0.4, 0.5) is 0 Å². The van der Waals surface area contributed by atoms with Gasteiger partial charge in [-0.05, 0) is 47.3 Å². The molecule has 1 nitrogen and oxygen atoms in total. The van der Waals surface area contributed by atoms with Gasteiger partial charge < -0.3 is 4.74 Å². The molecule has 0 heterocycles. The predicted octanol–water partition coefficient (Wildman–Crippen LogP) is 7.02. The van der Waals surface area contributed by atoms with Gasteiger partial charge in [-0.2, -0.15) is 0 Å². The molecule has 0 aromatic heterocycles. The van der Waals surface area contributed by atoms with Crippen LogP contribution < -0.4 is 0 Å². The van der Waals surface area contributed by atoms with E-state index in [2.05, 4.69) is 92.7 Å². The average molecular weight is 343 g/mol. The van der Waals surface area contributed by atoms with E-state index in [1.54, 1.807) is 0 Å². The molecule has 2 aliphatic carbocycles. The number of hydrogen-bond acceptors (Lipinski definition) is 1. The first kappa shape index (κ1) is 20.2. The van der Waals surface area contributed by atoms with Gasteiger partial charge in [0.15, 0.2) is 0 Å². The highest BCUT2D eigenvalue weighted by Crippen LogP contribution is 2.56. The maximum atomic E-state index is 6.66. The van der Waals surface area contributed by atoms with Crippen LogP contribution in [0.5, 0.6) is 0 Å². The monoisotopic (exact) mass is 342 g/mol. The fourth-order valence-corrected chi connectivity index (χ4v) is 4.35. The zero-order valence-electron chi connectivity index (χ0n) is 17.9. The molecule has 0 spiro atoms. The molecule has 0 aliphatic heterocycles. The van der Waals surface area contributed by atoms with Crippen LogP contribution in [0.2, 0.25) is 0 Å². The molecule has 0 bridgehead atoms. The number of ether oxygens (including phenoxy) is 1. The first-order valence-corrected chi connectivity index (χ1v) is 9.80. The van der Waals surface area contributed by atoms with Crippen LogP contribution in [0.3, 0.4) is 0 Å². The molecule has 2 rings (SSSR count). The van der Waals surface area contributed by atoms with Gasteiger partial charge in [-0.25, -0.2) is 0 Å². The highest BCUT2D eigenvalue weighted by atomic mass is 16.5. The maximum Gasteiger partial charge on any atom is 0.102 e. The Labute approximate surface area is 155 Å². The van der Waals surface area contributed by atoms with E-state index in [-0.39, 0.29) is 21.8 Å². The molecule has 0 aromatic carbocycles. The highest BCUT2D eigenvalue weighted by molar-refractivity contribution is 5.47. The van der Waals surface area contributed by atoms with Gasteiger partial charge >= 0.3 is 0 Å². The first-order valence-electron chi connectivity index (χ1n) is 9.80. The lowest BCUT2D eigenvalue weighted by Gasteiger charge is -2.53. The molecule has 1 atom stereocenters. The Kier molecular flexibility index (Phi) is 5.32. The minimum atomic E-state index is -0.296.